The maximum atomic E-state index is 5.94. The van der Waals surface area contributed by atoms with Crippen molar-refractivity contribution in [2.75, 3.05) is 6.61 Å². The van der Waals surface area contributed by atoms with Gasteiger partial charge in [-0.2, -0.15) is 0 Å². The molecular formula is C15H27NO. The van der Waals surface area contributed by atoms with Crippen LogP contribution in [-0.4, -0.2) is 24.8 Å². The van der Waals surface area contributed by atoms with Crippen molar-refractivity contribution >= 4 is 0 Å². The molecule has 0 radical (unpaired) electrons. The number of hydrogen-bond donors (Lipinski definition) is 1. The van der Waals surface area contributed by atoms with Gasteiger partial charge >= 0.3 is 0 Å². The molecule has 0 bridgehead atoms. The van der Waals surface area contributed by atoms with Gasteiger partial charge in [0.25, 0.3) is 0 Å². The third-order valence-electron chi connectivity index (χ3n) is 5.08. The van der Waals surface area contributed by atoms with E-state index >= 15 is 0 Å². The summed E-state index contributed by atoms with van der Waals surface area (Å²) in [5, 5.41) is 3.97. The maximum Gasteiger partial charge on any atom is 0.0757 e. The van der Waals surface area contributed by atoms with E-state index in [2.05, 4.69) is 12.2 Å². The van der Waals surface area contributed by atoms with E-state index in [1.54, 1.807) is 0 Å². The molecule has 1 heterocycles. The lowest BCUT2D eigenvalue weighted by Crippen LogP contribution is -2.48. The Hall–Kier alpha value is -0.0800. The van der Waals surface area contributed by atoms with Crippen LogP contribution in [0.4, 0.5) is 0 Å². The molecule has 0 aromatic rings. The first kappa shape index (κ1) is 12.0. The highest BCUT2D eigenvalue weighted by molar-refractivity contribution is 4.96. The minimum absolute atomic E-state index is 0.550. The second kappa shape index (κ2) is 5.27. The zero-order valence-electron chi connectivity index (χ0n) is 11.2. The van der Waals surface area contributed by atoms with Gasteiger partial charge in [-0.3, -0.25) is 0 Å². The zero-order chi connectivity index (χ0) is 11.7. The van der Waals surface area contributed by atoms with E-state index in [1.807, 2.05) is 0 Å². The minimum Gasteiger partial charge on any atom is -0.376 e. The van der Waals surface area contributed by atoms with E-state index in [0.29, 0.717) is 12.1 Å². The van der Waals surface area contributed by atoms with Gasteiger partial charge in [0, 0.05) is 18.7 Å². The van der Waals surface area contributed by atoms with Crippen LogP contribution in [0.25, 0.3) is 0 Å². The van der Waals surface area contributed by atoms with Crippen LogP contribution in [0.15, 0.2) is 0 Å². The van der Waals surface area contributed by atoms with Crippen molar-refractivity contribution in [3.63, 3.8) is 0 Å². The second-order valence-corrected chi connectivity index (χ2v) is 6.29. The summed E-state index contributed by atoms with van der Waals surface area (Å²) in [6.07, 6.45) is 11.7. The van der Waals surface area contributed by atoms with Gasteiger partial charge in [-0.15, -0.1) is 0 Å². The molecule has 3 aliphatic rings. The number of nitrogens with one attached hydrogen (secondary N) is 1. The summed E-state index contributed by atoms with van der Waals surface area (Å²) in [4.78, 5) is 0. The molecule has 0 aromatic heterocycles. The molecule has 4 unspecified atom stereocenters. The van der Waals surface area contributed by atoms with Crippen molar-refractivity contribution in [1.29, 1.82) is 0 Å². The highest BCUT2D eigenvalue weighted by atomic mass is 16.5. The Bertz CT molecular complexity index is 251. The fourth-order valence-corrected chi connectivity index (χ4v) is 3.87. The van der Waals surface area contributed by atoms with Gasteiger partial charge in [-0.1, -0.05) is 26.2 Å². The molecule has 17 heavy (non-hydrogen) atoms. The molecule has 1 N–H and O–H groups in total. The topological polar surface area (TPSA) is 21.3 Å². The average molecular weight is 237 g/mol. The minimum atomic E-state index is 0.550. The van der Waals surface area contributed by atoms with Crippen LogP contribution >= 0.6 is 0 Å². The summed E-state index contributed by atoms with van der Waals surface area (Å²) in [5.74, 6) is 1.81. The summed E-state index contributed by atoms with van der Waals surface area (Å²) < 4.78 is 5.94. The number of hydrogen-bond acceptors (Lipinski definition) is 2. The summed E-state index contributed by atoms with van der Waals surface area (Å²) in [7, 11) is 0. The molecule has 4 atom stereocenters. The molecule has 98 valence electrons. The lowest BCUT2D eigenvalue weighted by molar-refractivity contribution is 0.0745. The molecule has 2 saturated carbocycles. The standard InChI is InChI=1S/C15H27NO/c1-2-11-5-3-4-6-13(11)16-14-9-10-17-15(14)12-7-8-12/h11-16H,2-10H2,1H3. The van der Waals surface area contributed by atoms with Gasteiger partial charge < -0.3 is 10.1 Å². The Kier molecular flexibility index (Phi) is 3.72. The van der Waals surface area contributed by atoms with Crippen LogP contribution in [0.1, 0.15) is 58.3 Å². The molecule has 0 spiro atoms. The quantitative estimate of drug-likeness (QED) is 0.811. The van der Waals surface area contributed by atoms with Crippen molar-refractivity contribution < 1.29 is 4.74 Å². The van der Waals surface area contributed by atoms with Gasteiger partial charge in [0.2, 0.25) is 0 Å². The second-order valence-electron chi connectivity index (χ2n) is 6.29. The van der Waals surface area contributed by atoms with Crippen LogP contribution in [0.2, 0.25) is 0 Å². The molecule has 3 rings (SSSR count). The first-order chi connectivity index (χ1) is 8.38. The zero-order valence-corrected chi connectivity index (χ0v) is 11.2. The molecular weight excluding hydrogens is 210 g/mol. The normalized spacial score (nSPS) is 42.9. The van der Waals surface area contributed by atoms with Crippen LogP contribution in [-0.2, 0) is 4.74 Å². The Morgan fingerprint density at radius 2 is 1.82 bits per heavy atom. The van der Waals surface area contributed by atoms with Crippen molar-refractivity contribution in [2.24, 2.45) is 11.8 Å². The molecule has 2 aliphatic carbocycles. The molecule has 0 aromatic carbocycles. The first-order valence-corrected chi connectivity index (χ1v) is 7.76. The van der Waals surface area contributed by atoms with Crippen molar-refractivity contribution in [3.05, 3.63) is 0 Å². The molecule has 1 saturated heterocycles. The maximum absolute atomic E-state index is 5.94. The van der Waals surface area contributed by atoms with Gasteiger partial charge in [-0.05, 0) is 43.9 Å². The Labute approximate surface area is 105 Å². The predicted octanol–water partition coefficient (Wildman–Crippen LogP) is 3.11. The predicted molar refractivity (Wildman–Crippen MR) is 70.0 cm³/mol. The summed E-state index contributed by atoms with van der Waals surface area (Å²) in [6, 6.07) is 1.45. The van der Waals surface area contributed by atoms with Gasteiger partial charge in [0.05, 0.1) is 6.10 Å². The van der Waals surface area contributed by atoms with E-state index in [-0.39, 0.29) is 0 Å². The van der Waals surface area contributed by atoms with Gasteiger partial charge in [0.15, 0.2) is 0 Å². The van der Waals surface area contributed by atoms with E-state index in [4.69, 9.17) is 4.74 Å². The first-order valence-electron chi connectivity index (χ1n) is 7.76. The van der Waals surface area contributed by atoms with Gasteiger partial charge in [-0.25, -0.2) is 0 Å². The third kappa shape index (κ3) is 2.68. The fraction of sp³-hybridized carbons (Fsp3) is 1.00. The van der Waals surface area contributed by atoms with Crippen LogP contribution in [0.3, 0.4) is 0 Å². The van der Waals surface area contributed by atoms with E-state index in [9.17, 15) is 0 Å². The number of ether oxygens (including phenoxy) is 1. The van der Waals surface area contributed by atoms with E-state index in [1.165, 1.54) is 51.4 Å². The van der Waals surface area contributed by atoms with Gasteiger partial charge in [0.1, 0.15) is 0 Å². The largest absolute Gasteiger partial charge is 0.376 e. The van der Waals surface area contributed by atoms with Crippen LogP contribution in [0.5, 0.6) is 0 Å². The van der Waals surface area contributed by atoms with Crippen molar-refractivity contribution in [3.8, 4) is 0 Å². The average Bonchev–Trinajstić information content (AvgIpc) is 3.11. The Morgan fingerprint density at radius 1 is 1.00 bits per heavy atom. The summed E-state index contributed by atoms with van der Waals surface area (Å²) in [6.45, 7) is 3.34. The van der Waals surface area contributed by atoms with Crippen molar-refractivity contribution in [1.82, 2.24) is 5.32 Å². The van der Waals surface area contributed by atoms with Crippen LogP contribution in [0, 0.1) is 11.8 Å². The fourth-order valence-electron chi connectivity index (χ4n) is 3.87. The van der Waals surface area contributed by atoms with Crippen molar-refractivity contribution in [2.45, 2.75) is 76.5 Å². The SMILES string of the molecule is CCC1CCCCC1NC1CCOC1C1CC1. The van der Waals surface area contributed by atoms with E-state index in [0.717, 1.165) is 24.5 Å². The molecule has 0 amide bonds. The highest BCUT2D eigenvalue weighted by Gasteiger charge is 2.41. The monoisotopic (exact) mass is 237 g/mol. The third-order valence-corrected chi connectivity index (χ3v) is 5.08. The smallest absolute Gasteiger partial charge is 0.0757 e. The molecule has 2 nitrogen and oxygen atoms in total. The molecule has 1 aliphatic heterocycles. The van der Waals surface area contributed by atoms with Crippen LogP contribution < -0.4 is 5.32 Å². The lowest BCUT2D eigenvalue weighted by Gasteiger charge is -2.35. The summed E-state index contributed by atoms with van der Waals surface area (Å²) >= 11 is 0. The lowest BCUT2D eigenvalue weighted by atomic mass is 9.82. The van der Waals surface area contributed by atoms with E-state index < -0.39 is 0 Å². The summed E-state index contributed by atoms with van der Waals surface area (Å²) in [5.41, 5.74) is 0. The Morgan fingerprint density at radius 3 is 2.59 bits per heavy atom. The molecule has 2 heteroatoms. The highest BCUT2D eigenvalue weighted by Crippen LogP contribution is 2.39. The molecule has 3 fully saturated rings. The Balaban J connectivity index is 1.56. The number of rotatable bonds is 4.